The van der Waals surface area contributed by atoms with E-state index in [4.69, 9.17) is 26.8 Å². The molecule has 2 N–H and O–H groups in total. The number of hydrogen-bond acceptors (Lipinski definition) is 4. The van der Waals surface area contributed by atoms with Crippen molar-refractivity contribution in [1.29, 1.82) is 0 Å². The van der Waals surface area contributed by atoms with Crippen LogP contribution < -0.4 is 5.73 Å². The van der Waals surface area contributed by atoms with E-state index in [2.05, 4.69) is 0 Å². The van der Waals surface area contributed by atoms with Gasteiger partial charge in [-0.05, 0) is 44.9 Å². The molecule has 22 heavy (non-hydrogen) atoms. The number of rotatable bonds is 1. The quantitative estimate of drug-likeness (QED) is 0.800. The summed E-state index contributed by atoms with van der Waals surface area (Å²) in [5.41, 5.74) is 6.62. The molecule has 2 rings (SSSR count). The van der Waals surface area contributed by atoms with Gasteiger partial charge in [-0.2, -0.15) is 0 Å². The van der Waals surface area contributed by atoms with E-state index < -0.39 is 5.60 Å². The average Bonchev–Trinajstić information content (AvgIpc) is 2.62. The molecule has 0 spiro atoms. The molecule has 0 radical (unpaired) electrons. The van der Waals surface area contributed by atoms with Crippen LogP contribution in [0.15, 0.2) is 18.2 Å². The van der Waals surface area contributed by atoms with E-state index in [9.17, 15) is 4.79 Å². The van der Waals surface area contributed by atoms with Gasteiger partial charge in [0, 0.05) is 23.9 Å². The Kier molecular flexibility index (Phi) is 5.19. The van der Waals surface area contributed by atoms with Crippen LogP contribution in [-0.4, -0.2) is 36.4 Å². The SMILES string of the molecule is CC(C)(C)OC(=O)N1CCCOCC1c1ccc(N)cc1Cl. The maximum atomic E-state index is 12.5. The fraction of sp³-hybridized carbons (Fsp3) is 0.562. The summed E-state index contributed by atoms with van der Waals surface area (Å²) < 4.78 is 11.1. The number of anilines is 1. The molecule has 1 fully saturated rings. The minimum absolute atomic E-state index is 0.273. The molecule has 1 saturated heterocycles. The van der Waals surface area contributed by atoms with Crippen LogP contribution in [0.3, 0.4) is 0 Å². The van der Waals surface area contributed by atoms with E-state index in [0.29, 0.717) is 30.5 Å². The number of ether oxygens (including phenoxy) is 2. The summed E-state index contributed by atoms with van der Waals surface area (Å²) in [5, 5.41) is 0.532. The smallest absolute Gasteiger partial charge is 0.410 e. The standard InChI is InChI=1S/C16H23ClN2O3/c1-16(2,3)22-15(20)19-7-4-8-21-10-14(19)12-6-5-11(18)9-13(12)17/h5-6,9,14H,4,7-8,10,18H2,1-3H3. The molecular weight excluding hydrogens is 304 g/mol. The van der Waals surface area contributed by atoms with Crippen LogP contribution in [0.25, 0.3) is 0 Å². The molecule has 1 aliphatic heterocycles. The molecule has 1 heterocycles. The molecule has 1 amide bonds. The van der Waals surface area contributed by atoms with Gasteiger partial charge in [0.1, 0.15) is 5.60 Å². The van der Waals surface area contributed by atoms with E-state index >= 15 is 0 Å². The predicted octanol–water partition coefficient (Wildman–Crippen LogP) is 3.62. The normalized spacial score (nSPS) is 19.6. The largest absolute Gasteiger partial charge is 0.444 e. The van der Waals surface area contributed by atoms with Crippen molar-refractivity contribution in [3.05, 3.63) is 28.8 Å². The molecule has 1 atom stereocenters. The zero-order valence-electron chi connectivity index (χ0n) is 13.3. The lowest BCUT2D eigenvalue weighted by atomic mass is 10.1. The molecule has 5 nitrogen and oxygen atoms in total. The topological polar surface area (TPSA) is 64.8 Å². The second-order valence-corrected chi connectivity index (χ2v) is 6.81. The number of nitrogens with zero attached hydrogens (tertiary/aromatic N) is 1. The number of carbonyl (C=O) groups is 1. The Labute approximate surface area is 136 Å². The number of amides is 1. The first-order chi connectivity index (χ1) is 10.3. The van der Waals surface area contributed by atoms with Crippen LogP contribution in [-0.2, 0) is 9.47 Å². The van der Waals surface area contributed by atoms with Crippen LogP contribution in [0, 0.1) is 0 Å². The first-order valence-corrected chi connectivity index (χ1v) is 7.78. The summed E-state index contributed by atoms with van der Waals surface area (Å²) >= 11 is 6.30. The lowest BCUT2D eigenvalue weighted by molar-refractivity contribution is 0.0119. The first kappa shape index (κ1) is 16.9. The van der Waals surface area contributed by atoms with Gasteiger partial charge in [0.2, 0.25) is 0 Å². The minimum atomic E-state index is -0.542. The van der Waals surface area contributed by atoms with Gasteiger partial charge in [-0.15, -0.1) is 0 Å². The van der Waals surface area contributed by atoms with Gasteiger partial charge < -0.3 is 15.2 Å². The van der Waals surface area contributed by atoms with Crippen molar-refractivity contribution in [1.82, 2.24) is 4.90 Å². The van der Waals surface area contributed by atoms with Crippen molar-refractivity contribution >= 4 is 23.4 Å². The Morgan fingerprint density at radius 3 is 2.82 bits per heavy atom. The van der Waals surface area contributed by atoms with E-state index in [1.54, 1.807) is 17.0 Å². The number of hydrogen-bond donors (Lipinski definition) is 1. The molecule has 6 heteroatoms. The highest BCUT2D eigenvalue weighted by molar-refractivity contribution is 6.31. The van der Waals surface area contributed by atoms with Crippen molar-refractivity contribution in [2.75, 3.05) is 25.5 Å². The molecule has 1 unspecified atom stereocenters. The van der Waals surface area contributed by atoms with Gasteiger partial charge in [0.15, 0.2) is 0 Å². The van der Waals surface area contributed by atoms with E-state index in [-0.39, 0.29) is 12.1 Å². The average molecular weight is 327 g/mol. The van der Waals surface area contributed by atoms with Gasteiger partial charge in [0.05, 0.1) is 12.6 Å². The fourth-order valence-corrected chi connectivity index (χ4v) is 2.70. The zero-order valence-corrected chi connectivity index (χ0v) is 14.0. The third-order valence-electron chi connectivity index (χ3n) is 3.35. The summed E-state index contributed by atoms with van der Waals surface area (Å²) in [4.78, 5) is 14.2. The molecule has 1 aliphatic rings. The van der Waals surface area contributed by atoms with Gasteiger partial charge in [-0.1, -0.05) is 17.7 Å². The van der Waals surface area contributed by atoms with Crippen molar-refractivity contribution in [3.8, 4) is 0 Å². The molecule has 0 aliphatic carbocycles. The molecule has 0 aromatic heterocycles. The number of nitrogens with two attached hydrogens (primary N) is 1. The third-order valence-corrected chi connectivity index (χ3v) is 3.68. The summed E-state index contributed by atoms with van der Waals surface area (Å²) in [7, 11) is 0. The Balaban J connectivity index is 2.29. The summed E-state index contributed by atoms with van der Waals surface area (Å²) in [6.45, 7) is 7.13. The summed E-state index contributed by atoms with van der Waals surface area (Å²) in [6.07, 6.45) is 0.415. The van der Waals surface area contributed by atoms with Crippen LogP contribution in [0.1, 0.15) is 38.8 Å². The molecule has 1 aromatic rings. The highest BCUT2D eigenvalue weighted by atomic mass is 35.5. The predicted molar refractivity (Wildman–Crippen MR) is 87.0 cm³/mol. The van der Waals surface area contributed by atoms with E-state index in [1.165, 1.54) is 0 Å². The van der Waals surface area contributed by atoms with Gasteiger partial charge in [-0.25, -0.2) is 4.79 Å². The zero-order chi connectivity index (χ0) is 16.3. The van der Waals surface area contributed by atoms with Gasteiger partial charge in [0.25, 0.3) is 0 Å². The lowest BCUT2D eigenvalue weighted by Crippen LogP contribution is -2.40. The highest BCUT2D eigenvalue weighted by Gasteiger charge is 2.32. The molecule has 1 aromatic carbocycles. The molecule has 122 valence electrons. The van der Waals surface area contributed by atoms with Crippen LogP contribution in [0.4, 0.5) is 10.5 Å². The number of nitrogen functional groups attached to an aromatic ring is 1. The van der Waals surface area contributed by atoms with Crippen LogP contribution in [0.2, 0.25) is 5.02 Å². The first-order valence-electron chi connectivity index (χ1n) is 7.40. The Morgan fingerprint density at radius 1 is 1.45 bits per heavy atom. The van der Waals surface area contributed by atoms with E-state index in [0.717, 1.165) is 12.0 Å². The number of halogens is 1. The Bertz CT molecular complexity index is 543. The van der Waals surface area contributed by atoms with Crippen molar-refractivity contribution in [2.24, 2.45) is 0 Å². The summed E-state index contributed by atoms with van der Waals surface area (Å²) in [6, 6.07) is 5.04. The van der Waals surface area contributed by atoms with Crippen LogP contribution >= 0.6 is 11.6 Å². The van der Waals surface area contributed by atoms with Crippen molar-refractivity contribution < 1.29 is 14.3 Å². The molecule has 0 saturated carbocycles. The third kappa shape index (κ3) is 4.27. The number of carbonyl (C=O) groups excluding carboxylic acids is 1. The maximum Gasteiger partial charge on any atom is 0.410 e. The Morgan fingerprint density at radius 2 is 2.18 bits per heavy atom. The second kappa shape index (κ2) is 6.75. The molecular formula is C16H23ClN2O3. The van der Waals surface area contributed by atoms with Gasteiger partial charge in [-0.3, -0.25) is 4.90 Å². The van der Waals surface area contributed by atoms with E-state index in [1.807, 2.05) is 26.8 Å². The fourth-order valence-electron chi connectivity index (χ4n) is 2.39. The second-order valence-electron chi connectivity index (χ2n) is 6.40. The van der Waals surface area contributed by atoms with Crippen molar-refractivity contribution in [2.45, 2.75) is 38.8 Å². The highest BCUT2D eigenvalue weighted by Crippen LogP contribution is 2.32. The number of benzene rings is 1. The van der Waals surface area contributed by atoms with Gasteiger partial charge >= 0.3 is 6.09 Å². The Hall–Kier alpha value is -1.46. The summed E-state index contributed by atoms with van der Waals surface area (Å²) in [5.74, 6) is 0. The maximum absolute atomic E-state index is 12.5. The van der Waals surface area contributed by atoms with Crippen LogP contribution in [0.5, 0.6) is 0 Å². The molecule has 0 bridgehead atoms. The van der Waals surface area contributed by atoms with Crippen molar-refractivity contribution in [3.63, 3.8) is 0 Å². The lowest BCUT2D eigenvalue weighted by Gasteiger charge is -2.32. The monoisotopic (exact) mass is 326 g/mol. The minimum Gasteiger partial charge on any atom is -0.444 e.